The van der Waals surface area contributed by atoms with Crippen molar-refractivity contribution in [2.75, 3.05) is 11.4 Å². The summed E-state index contributed by atoms with van der Waals surface area (Å²) in [6, 6.07) is 9.16. The highest BCUT2D eigenvalue weighted by Gasteiger charge is 2.28. The third-order valence-electron chi connectivity index (χ3n) is 3.56. The Hall–Kier alpha value is -2.04. The van der Waals surface area contributed by atoms with E-state index < -0.39 is 5.97 Å². The number of amides is 2. The summed E-state index contributed by atoms with van der Waals surface area (Å²) < 4.78 is 0. The first-order valence-corrected chi connectivity index (χ1v) is 6.91. The van der Waals surface area contributed by atoms with Crippen LogP contribution in [0.15, 0.2) is 30.3 Å². The van der Waals surface area contributed by atoms with Gasteiger partial charge in [-0.3, -0.25) is 9.69 Å². The molecule has 0 aliphatic heterocycles. The number of urea groups is 1. The molecule has 108 valence electrons. The summed E-state index contributed by atoms with van der Waals surface area (Å²) in [4.78, 5) is 24.5. The molecule has 1 saturated carbocycles. The molecule has 2 amide bonds. The average molecular weight is 276 g/mol. The van der Waals surface area contributed by atoms with Crippen LogP contribution in [-0.4, -0.2) is 29.7 Å². The predicted molar refractivity (Wildman–Crippen MR) is 76.8 cm³/mol. The number of hydrogen-bond acceptors (Lipinski definition) is 2. The minimum atomic E-state index is -0.906. The molecule has 2 N–H and O–H groups in total. The van der Waals surface area contributed by atoms with E-state index in [1.54, 1.807) is 0 Å². The van der Waals surface area contributed by atoms with Crippen LogP contribution in [0, 0.1) is 5.92 Å². The van der Waals surface area contributed by atoms with E-state index >= 15 is 0 Å². The number of carbonyl (C=O) groups is 2. The van der Waals surface area contributed by atoms with Gasteiger partial charge in [-0.15, -0.1) is 0 Å². The Morgan fingerprint density at radius 2 is 1.95 bits per heavy atom. The Morgan fingerprint density at radius 1 is 1.30 bits per heavy atom. The Bertz CT molecular complexity index is 469. The zero-order valence-electron chi connectivity index (χ0n) is 11.6. The molecule has 0 spiro atoms. The second kappa shape index (κ2) is 6.41. The van der Waals surface area contributed by atoms with Crippen LogP contribution in [0.3, 0.4) is 0 Å². The van der Waals surface area contributed by atoms with Crippen molar-refractivity contribution in [2.24, 2.45) is 5.92 Å². The lowest BCUT2D eigenvalue weighted by Gasteiger charge is -2.35. The zero-order valence-corrected chi connectivity index (χ0v) is 11.6. The quantitative estimate of drug-likeness (QED) is 0.868. The fourth-order valence-corrected chi connectivity index (χ4v) is 2.44. The van der Waals surface area contributed by atoms with Crippen LogP contribution in [0.4, 0.5) is 10.5 Å². The summed E-state index contributed by atoms with van der Waals surface area (Å²) in [6.45, 7) is 2.33. The van der Waals surface area contributed by atoms with Crippen LogP contribution in [0.5, 0.6) is 0 Å². The number of para-hydroxylation sites is 1. The van der Waals surface area contributed by atoms with Crippen LogP contribution in [0.1, 0.15) is 26.2 Å². The largest absolute Gasteiger partial charge is 0.481 e. The molecule has 0 bridgehead atoms. The highest BCUT2D eigenvalue weighted by molar-refractivity contribution is 5.92. The van der Waals surface area contributed by atoms with Gasteiger partial charge in [0, 0.05) is 18.3 Å². The summed E-state index contributed by atoms with van der Waals surface area (Å²) in [5.74, 6) is -0.250. The normalized spacial score (nSPS) is 20.9. The molecule has 1 aromatic rings. The van der Waals surface area contributed by atoms with Crippen molar-refractivity contribution in [1.29, 1.82) is 0 Å². The summed E-state index contributed by atoms with van der Waals surface area (Å²) >= 11 is 0. The van der Waals surface area contributed by atoms with Gasteiger partial charge in [-0.05, 0) is 30.9 Å². The topological polar surface area (TPSA) is 69.6 Å². The fourth-order valence-electron chi connectivity index (χ4n) is 2.44. The first-order valence-electron chi connectivity index (χ1n) is 6.91. The van der Waals surface area contributed by atoms with Gasteiger partial charge < -0.3 is 10.4 Å². The van der Waals surface area contributed by atoms with Crippen LogP contribution in [0.2, 0.25) is 0 Å². The van der Waals surface area contributed by atoms with Crippen molar-refractivity contribution >= 4 is 17.7 Å². The van der Waals surface area contributed by atoms with E-state index in [1.807, 2.05) is 30.3 Å². The molecule has 0 unspecified atom stereocenters. The lowest BCUT2D eigenvalue weighted by Crippen LogP contribution is -2.50. The summed E-state index contributed by atoms with van der Waals surface area (Å²) in [7, 11) is 0. The smallest absolute Gasteiger partial charge is 0.322 e. The van der Waals surface area contributed by atoms with Gasteiger partial charge in [-0.2, -0.15) is 0 Å². The number of nitrogens with one attached hydrogen (secondary N) is 1. The highest BCUT2D eigenvalue weighted by atomic mass is 16.4. The minimum Gasteiger partial charge on any atom is -0.481 e. The van der Waals surface area contributed by atoms with Gasteiger partial charge >= 0.3 is 12.0 Å². The number of carboxylic acids is 1. The molecule has 20 heavy (non-hydrogen) atoms. The molecule has 1 aliphatic rings. The average Bonchev–Trinajstić information content (AvgIpc) is 2.38. The lowest BCUT2D eigenvalue weighted by atomic mass is 9.82. The number of nitrogens with zero attached hydrogens (tertiary/aromatic N) is 1. The van der Waals surface area contributed by atoms with Gasteiger partial charge in [0.15, 0.2) is 0 Å². The maximum absolute atomic E-state index is 12.3. The van der Waals surface area contributed by atoms with Gasteiger partial charge in [-0.1, -0.05) is 25.1 Å². The number of benzene rings is 1. The molecule has 0 heterocycles. The van der Waals surface area contributed by atoms with Crippen molar-refractivity contribution in [3.05, 3.63) is 30.3 Å². The highest BCUT2D eigenvalue weighted by Crippen LogP contribution is 2.26. The lowest BCUT2D eigenvalue weighted by molar-refractivity contribution is -0.136. The Kier molecular flexibility index (Phi) is 4.61. The van der Waals surface area contributed by atoms with Crippen LogP contribution >= 0.6 is 0 Å². The van der Waals surface area contributed by atoms with Crippen LogP contribution in [-0.2, 0) is 4.79 Å². The number of hydrogen-bond donors (Lipinski definition) is 2. The Labute approximate surface area is 118 Å². The van der Waals surface area contributed by atoms with Crippen molar-refractivity contribution in [1.82, 2.24) is 5.32 Å². The molecular weight excluding hydrogens is 256 g/mol. The van der Waals surface area contributed by atoms with Gasteiger partial charge in [-0.25, -0.2) is 4.79 Å². The maximum Gasteiger partial charge on any atom is 0.322 e. The third-order valence-corrected chi connectivity index (χ3v) is 3.56. The van der Waals surface area contributed by atoms with E-state index in [9.17, 15) is 9.59 Å². The van der Waals surface area contributed by atoms with E-state index in [2.05, 4.69) is 12.2 Å². The second-order valence-electron chi connectivity index (χ2n) is 5.35. The standard InChI is InChI=1S/C15H20N2O3/c1-11-9-12(10-11)16-15(20)17(8-7-14(18)19)13-5-3-2-4-6-13/h2-6,11-12H,7-10H2,1H3,(H,16,20)(H,18,19). The molecule has 1 fully saturated rings. The second-order valence-corrected chi connectivity index (χ2v) is 5.35. The maximum atomic E-state index is 12.3. The molecule has 0 radical (unpaired) electrons. The molecule has 1 aromatic carbocycles. The fraction of sp³-hybridized carbons (Fsp3) is 0.467. The zero-order chi connectivity index (χ0) is 14.5. The summed E-state index contributed by atoms with van der Waals surface area (Å²) in [6.07, 6.45) is 1.92. The van der Waals surface area contributed by atoms with E-state index in [0.29, 0.717) is 5.92 Å². The van der Waals surface area contributed by atoms with E-state index in [4.69, 9.17) is 5.11 Å². The monoisotopic (exact) mass is 276 g/mol. The first kappa shape index (κ1) is 14.4. The van der Waals surface area contributed by atoms with E-state index in [1.165, 1.54) is 4.90 Å². The molecule has 0 saturated heterocycles. The van der Waals surface area contributed by atoms with Gasteiger partial charge in [0.2, 0.25) is 0 Å². The van der Waals surface area contributed by atoms with Crippen LogP contribution in [0.25, 0.3) is 0 Å². The third kappa shape index (κ3) is 3.73. The van der Waals surface area contributed by atoms with Crippen molar-refractivity contribution in [3.8, 4) is 0 Å². The number of aliphatic carboxylic acids is 1. The number of anilines is 1. The molecule has 1 aliphatic carbocycles. The number of carbonyl (C=O) groups excluding carboxylic acids is 1. The molecule has 5 nitrogen and oxygen atoms in total. The van der Waals surface area contributed by atoms with E-state index in [-0.39, 0.29) is 25.0 Å². The first-order chi connectivity index (χ1) is 9.56. The van der Waals surface area contributed by atoms with E-state index in [0.717, 1.165) is 18.5 Å². The summed E-state index contributed by atoms with van der Waals surface area (Å²) in [5.41, 5.74) is 0.721. The SMILES string of the molecule is CC1CC(NC(=O)N(CCC(=O)O)c2ccccc2)C1. The molecule has 2 rings (SSSR count). The number of rotatable bonds is 5. The number of carboxylic acid groups (broad SMARTS) is 1. The van der Waals surface area contributed by atoms with Crippen molar-refractivity contribution in [2.45, 2.75) is 32.2 Å². The van der Waals surface area contributed by atoms with Crippen LogP contribution < -0.4 is 10.2 Å². The predicted octanol–water partition coefficient (Wildman–Crippen LogP) is 2.48. The van der Waals surface area contributed by atoms with Gasteiger partial charge in [0.25, 0.3) is 0 Å². The van der Waals surface area contributed by atoms with Crippen molar-refractivity contribution in [3.63, 3.8) is 0 Å². The molecule has 5 heteroatoms. The minimum absolute atomic E-state index is 0.0661. The Balaban J connectivity index is 2.01. The van der Waals surface area contributed by atoms with Gasteiger partial charge in [0.05, 0.1) is 6.42 Å². The van der Waals surface area contributed by atoms with Crippen molar-refractivity contribution < 1.29 is 14.7 Å². The molecule has 0 atom stereocenters. The molecular formula is C15H20N2O3. The molecule has 0 aromatic heterocycles. The summed E-state index contributed by atoms with van der Waals surface area (Å²) in [5, 5.41) is 11.8. The Morgan fingerprint density at radius 3 is 2.50 bits per heavy atom. The van der Waals surface area contributed by atoms with Gasteiger partial charge in [0.1, 0.15) is 0 Å².